The Kier molecular flexibility index (Phi) is 5.12. The normalized spacial score (nSPS) is 12.6. The van der Waals surface area contributed by atoms with E-state index in [0.717, 1.165) is 11.0 Å². The summed E-state index contributed by atoms with van der Waals surface area (Å²) in [7, 11) is 1.84. The minimum absolute atomic E-state index is 0.0261. The number of hydrogen-bond donors (Lipinski definition) is 0. The summed E-state index contributed by atoms with van der Waals surface area (Å²) in [6.45, 7) is 6.40. The average Bonchev–Trinajstić information content (AvgIpc) is 2.27. The first-order chi connectivity index (χ1) is 7.91. The zero-order valence-electron chi connectivity index (χ0n) is 10.8. The molecule has 0 aliphatic carbocycles. The van der Waals surface area contributed by atoms with Crippen LogP contribution >= 0.6 is 15.9 Å². The number of amides is 1. The number of halogens is 1. The Hall–Kier alpha value is -0.900. The molecule has 0 saturated carbocycles. The van der Waals surface area contributed by atoms with Crippen LogP contribution in [-0.4, -0.2) is 28.9 Å². The molecule has 3 nitrogen and oxygen atoms in total. The topological polar surface area (TPSA) is 33.2 Å². The predicted molar refractivity (Wildman–Crippen MR) is 72.9 cm³/mol. The van der Waals surface area contributed by atoms with E-state index in [1.54, 1.807) is 23.2 Å². The van der Waals surface area contributed by atoms with Crippen molar-refractivity contribution in [3.8, 4) is 0 Å². The van der Waals surface area contributed by atoms with Gasteiger partial charge in [-0.05, 0) is 47.3 Å². The van der Waals surface area contributed by atoms with Gasteiger partial charge in [-0.25, -0.2) is 4.98 Å². The molecule has 0 spiro atoms. The highest BCUT2D eigenvalue weighted by Crippen LogP contribution is 2.13. The van der Waals surface area contributed by atoms with Crippen molar-refractivity contribution in [2.75, 3.05) is 7.05 Å². The molecule has 0 fully saturated rings. The van der Waals surface area contributed by atoms with Gasteiger partial charge in [-0.1, -0.05) is 13.8 Å². The van der Waals surface area contributed by atoms with Crippen molar-refractivity contribution in [3.05, 3.63) is 28.5 Å². The summed E-state index contributed by atoms with van der Waals surface area (Å²) in [5.74, 6) is 0.612. The monoisotopic (exact) mass is 298 g/mol. The Morgan fingerprint density at radius 3 is 2.53 bits per heavy atom. The molecule has 0 aliphatic rings. The van der Waals surface area contributed by atoms with Crippen LogP contribution in [0.2, 0.25) is 0 Å². The number of carbonyl (C=O) groups excluding carboxylic acids is 1. The molecule has 1 amide bonds. The van der Waals surface area contributed by atoms with Gasteiger partial charge in [0.2, 0.25) is 0 Å². The Morgan fingerprint density at radius 2 is 2.06 bits per heavy atom. The Labute approximate surface area is 111 Å². The van der Waals surface area contributed by atoms with E-state index in [2.05, 4.69) is 41.7 Å². The molecule has 0 radical (unpaired) electrons. The molecule has 0 aliphatic heterocycles. The summed E-state index contributed by atoms with van der Waals surface area (Å²) in [4.78, 5) is 18.0. The SMILES string of the molecule is CC(C)CC(C)N(C)C(=O)c1ccc(Br)nc1. The fourth-order valence-electron chi connectivity index (χ4n) is 1.75. The third kappa shape index (κ3) is 4.11. The van der Waals surface area contributed by atoms with E-state index in [1.165, 1.54) is 0 Å². The lowest BCUT2D eigenvalue weighted by molar-refractivity contribution is 0.0728. The van der Waals surface area contributed by atoms with Crippen LogP contribution in [0.15, 0.2) is 22.9 Å². The average molecular weight is 299 g/mol. The zero-order valence-corrected chi connectivity index (χ0v) is 12.4. The van der Waals surface area contributed by atoms with Crippen molar-refractivity contribution in [1.82, 2.24) is 9.88 Å². The second kappa shape index (κ2) is 6.15. The lowest BCUT2D eigenvalue weighted by Crippen LogP contribution is -2.35. The van der Waals surface area contributed by atoms with Gasteiger partial charge < -0.3 is 4.90 Å². The van der Waals surface area contributed by atoms with Crippen molar-refractivity contribution in [2.24, 2.45) is 5.92 Å². The largest absolute Gasteiger partial charge is 0.339 e. The first kappa shape index (κ1) is 14.2. The van der Waals surface area contributed by atoms with Gasteiger partial charge in [0.25, 0.3) is 5.91 Å². The molecule has 0 aromatic carbocycles. The van der Waals surface area contributed by atoms with Gasteiger partial charge in [-0.3, -0.25) is 4.79 Å². The van der Waals surface area contributed by atoms with Crippen LogP contribution in [0.1, 0.15) is 37.6 Å². The van der Waals surface area contributed by atoms with Crippen molar-refractivity contribution >= 4 is 21.8 Å². The molecule has 1 rings (SSSR count). The number of aromatic nitrogens is 1. The van der Waals surface area contributed by atoms with Crippen LogP contribution in [0.5, 0.6) is 0 Å². The maximum atomic E-state index is 12.1. The molecule has 1 aromatic heterocycles. The number of carbonyl (C=O) groups is 1. The van der Waals surface area contributed by atoms with Crippen LogP contribution in [-0.2, 0) is 0 Å². The highest BCUT2D eigenvalue weighted by molar-refractivity contribution is 9.10. The molecule has 0 N–H and O–H groups in total. The molecule has 1 heterocycles. The molecule has 94 valence electrons. The van der Waals surface area contributed by atoms with E-state index in [-0.39, 0.29) is 11.9 Å². The van der Waals surface area contributed by atoms with Crippen LogP contribution in [0.3, 0.4) is 0 Å². The number of pyridine rings is 1. The fourth-order valence-corrected chi connectivity index (χ4v) is 1.98. The summed E-state index contributed by atoms with van der Waals surface area (Å²) >= 11 is 3.26. The van der Waals surface area contributed by atoms with Gasteiger partial charge in [0.05, 0.1) is 5.56 Å². The summed E-state index contributed by atoms with van der Waals surface area (Å²) in [5.41, 5.74) is 0.631. The molecule has 1 atom stereocenters. The number of rotatable bonds is 4. The maximum absolute atomic E-state index is 12.1. The second-order valence-corrected chi connectivity index (χ2v) is 5.58. The van der Waals surface area contributed by atoms with Gasteiger partial charge in [0.15, 0.2) is 0 Å². The number of hydrogen-bond acceptors (Lipinski definition) is 2. The predicted octanol–water partition coefficient (Wildman–Crippen LogP) is 3.35. The first-order valence-corrected chi connectivity index (χ1v) is 6.59. The Balaban J connectivity index is 2.72. The van der Waals surface area contributed by atoms with E-state index < -0.39 is 0 Å². The number of nitrogens with zero attached hydrogens (tertiary/aromatic N) is 2. The minimum Gasteiger partial charge on any atom is -0.339 e. The van der Waals surface area contributed by atoms with Crippen LogP contribution < -0.4 is 0 Å². The third-order valence-electron chi connectivity index (χ3n) is 2.77. The smallest absolute Gasteiger partial charge is 0.255 e. The van der Waals surface area contributed by atoms with Crippen molar-refractivity contribution in [3.63, 3.8) is 0 Å². The lowest BCUT2D eigenvalue weighted by Gasteiger charge is -2.26. The van der Waals surface area contributed by atoms with Crippen LogP contribution in [0, 0.1) is 5.92 Å². The first-order valence-electron chi connectivity index (χ1n) is 5.80. The summed E-state index contributed by atoms with van der Waals surface area (Å²) < 4.78 is 0.743. The van der Waals surface area contributed by atoms with Crippen molar-refractivity contribution in [1.29, 1.82) is 0 Å². The molecule has 17 heavy (non-hydrogen) atoms. The standard InChI is InChI=1S/C13H19BrN2O/c1-9(2)7-10(3)16(4)13(17)11-5-6-12(14)15-8-11/h5-6,8-10H,7H2,1-4H3. The van der Waals surface area contributed by atoms with E-state index in [9.17, 15) is 4.79 Å². The quantitative estimate of drug-likeness (QED) is 0.799. The molecule has 1 unspecified atom stereocenters. The van der Waals surface area contributed by atoms with Gasteiger partial charge >= 0.3 is 0 Å². The molecule has 4 heteroatoms. The molecule has 0 saturated heterocycles. The van der Waals surface area contributed by atoms with E-state index in [1.807, 2.05) is 7.05 Å². The highest BCUT2D eigenvalue weighted by Gasteiger charge is 2.18. The molecular weight excluding hydrogens is 280 g/mol. The Bertz CT molecular complexity index is 376. The van der Waals surface area contributed by atoms with Gasteiger partial charge in [0, 0.05) is 19.3 Å². The molecular formula is C13H19BrN2O. The van der Waals surface area contributed by atoms with Gasteiger partial charge in [-0.15, -0.1) is 0 Å². The maximum Gasteiger partial charge on any atom is 0.255 e. The van der Waals surface area contributed by atoms with E-state index >= 15 is 0 Å². The Morgan fingerprint density at radius 1 is 1.41 bits per heavy atom. The zero-order chi connectivity index (χ0) is 13.0. The van der Waals surface area contributed by atoms with E-state index in [4.69, 9.17) is 0 Å². The third-order valence-corrected chi connectivity index (χ3v) is 3.24. The summed E-state index contributed by atoms with van der Waals surface area (Å²) in [6.07, 6.45) is 2.61. The van der Waals surface area contributed by atoms with Crippen molar-refractivity contribution in [2.45, 2.75) is 33.2 Å². The van der Waals surface area contributed by atoms with E-state index in [0.29, 0.717) is 11.5 Å². The highest BCUT2D eigenvalue weighted by atomic mass is 79.9. The molecule has 1 aromatic rings. The van der Waals surface area contributed by atoms with Gasteiger partial charge in [-0.2, -0.15) is 0 Å². The fraction of sp³-hybridized carbons (Fsp3) is 0.538. The van der Waals surface area contributed by atoms with Crippen LogP contribution in [0.25, 0.3) is 0 Å². The second-order valence-electron chi connectivity index (χ2n) is 4.76. The summed E-state index contributed by atoms with van der Waals surface area (Å²) in [6, 6.07) is 3.82. The lowest BCUT2D eigenvalue weighted by atomic mass is 10.0. The van der Waals surface area contributed by atoms with Crippen molar-refractivity contribution < 1.29 is 4.79 Å². The molecule has 0 bridgehead atoms. The minimum atomic E-state index is 0.0261. The van der Waals surface area contributed by atoms with Gasteiger partial charge in [0.1, 0.15) is 4.60 Å². The van der Waals surface area contributed by atoms with Crippen LogP contribution in [0.4, 0.5) is 0 Å². The summed E-state index contributed by atoms with van der Waals surface area (Å²) in [5, 5.41) is 0.